The molecule has 0 saturated carbocycles. The highest BCUT2D eigenvalue weighted by molar-refractivity contribution is 6.30. The van der Waals surface area contributed by atoms with E-state index in [1.54, 1.807) is 18.3 Å². The first kappa shape index (κ1) is 14.5. The van der Waals surface area contributed by atoms with Crippen LogP contribution in [0.3, 0.4) is 0 Å². The van der Waals surface area contributed by atoms with Crippen molar-refractivity contribution in [1.82, 2.24) is 9.55 Å². The van der Waals surface area contributed by atoms with Crippen LogP contribution in [-0.2, 0) is 13.6 Å². The molecule has 2 aromatic carbocycles. The molecule has 0 aliphatic rings. The molecule has 0 amide bonds. The van der Waals surface area contributed by atoms with E-state index in [0.717, 1.165) is 22.8 Å². The number of anilines is 1. The standard InChI is InChI=1S/C17H16ClN3O/c1-21-15(12-6-4-7-14(18)9-12)11-20-17(21)19-10-13-5-2-3-8-16(13)22/h2-9,11,22H,10H2,1H3,(H,19,20). The number of benzene rings is 2. The molecule has 1 aromatic heterocycles. The van der Waals surface area contributed by atoms with E-state index in [0.29, 0.717) is 11.6 Å². The van der Waals surface area contributed by atoms with E-state index >= 15 is 0 Å². The van der Waals surface area contributed by atoms with E-state index in [9.17, 15) is 5.11 Å². The van der Waals surface area contributed by atoms with Crippen molar-refractivity contribution in [2.24, 2.45) is 7.05 Å². The average molecular weight is 314 g/mol. The molecule has 3 aromatic rings. The van der Waals surface area contributed by atoms with Crippen LogP contribution in [0.2, 0.25) is 5.02 Å². The first-order chi connectivity index (χ1) is 10.6. The first-order valence-electron chi connectivity index (χ1n) is 6.93. The zero-order chi connectivity index (χ0) is 15.5. The second-order valence-electron chi connectivity index (χ2n) is 5.02. The smallest absolute Gasteiger partial charge is 0.203 e. The van der Waals surface area contributed by atoms with Gasteiger partial charge >= 0.3 is 0 Å². The van der Waals surface area contributed by atoms with Crippen LogP contribution in [0.5, 0.6) is 5.75 Å². The lowest BCUT2D eigenvalue weighted by molar-refractivity contribution is 0.469. The predicted molar refractivity (Wildman–Crippen MR) is 89.1 cm³/mol. The van der Waals surface area contributed by atoms with E-state index in [1.807, 2.05) is 48.0 Å². The monoisotopic (exact) mass is 313 g/mol. The number of para-hydroxylation sites is 1. The molecule has 22 heavy (non-hydrogen) atoms. The van der Waals surface area contributed by atoms with Gasteiger partial charge in [-0.3, -0.25) is 0 Å². The number of imidazole rings is 1. The largest absolute Gasteiger partial charge is 0.508 e. The molecule has 3 rings (SSSR count). The summed E-state index contributed by atoms with van der Waals surface area (Å²) in [4.78, 5) is 4.39. The van der Waals surface area contributed by atoms with Gasteiger partial charge in [0, 0.05) is 29.7 Å². The fourth-order valence-electron chi connectivity index (χ4n) is 2.32. The van der Waals surface area contributed by atoms with Gasteiger partial charge in [0.05, 0.1) is 11.9 Å². The van der Waals surface area contributed by atoms with Crippen molar-refractivity contribution in [1.29, 1.82) is 0 Å². The minimum Gasteiger partial charge on any atom is -0.508 e. The number of halogens is 1. The van der Waals surface area contributed by atoms with Crippen molar-refractivity contribution in [2.45, 2.75) is 6.54 Å². The number of aromatic nitrogens is 2. The molecule has 0 unspecified atom stereocenters. The highest BCUT2D eigenvalue weighted by Gasteiger charge is 2.09. The summed E-state index contributed by atoms with van der Waals surface area (Å²) >= 11 is 6.04. The molecule has 1 heterocycles. The molecule has 112 valence electrons. The van der Waals surface area contributed by atoms with Gasteiger partial charge in [0.25, 0.3) is 0 Å². The first-order valence-corrected chi connectivity index (χ1v) is 7.31. The molecular formula is C17H16ClN3O. The van der Waals surface area contributed by atoms with Gasteiger partial charge in [-0.05, 0) is 18.2 Å². The third-order valence-corrected chi connectivity index (χ3v) is 3.77. The molecule has 0 radical (unpaired) electrons. The van der Waals surface area contributed by atoms with Gasteiger partial charge in [-0.2, -0.15) is 0 Å². The van der Waals surface area contributed by atoms with Crippen LogP contribution < -0.4 is 5.32 Å². The lowest BCUT2D eigenvalue weighted by Crippen LogP contribution is -2.05. The zero-order valence-electron chi connectivity index (χ0n) is 12.1. The van der Waals surface area contributed by atoms with Crippen LogP contribution in [0.15, 0.2) is 54.7 Å². The SMILES string of the molecule is Cn1c(-c2cccc(Cl)c2)cnc1NCc1ccccc1O. The molecule has 0 aliphatic heterocycles. The summed E-state index contributed by atoms with van der Waals surface area (Å²) in [7, 11) is 1.94. The molecule has 0 bridgehead atoms. The number of hydrogen-bond acceptors (Lipinski definition) is 3. The van der Waals surface area contributed by atoms with Gasteiger partial charge in [0.15, 0.2) is 0 Å². The second kappa shape index (κ2) is 6.12. The second-order valence-corrected chi connectivity index (χ2v) is 5.46. The summed E-state index contributed by atoms with van der Waals surface area (Å²) in [5.74, 6) is 1.01. The Kier molecular flexibility index (Phi) is 4.02. The van der Waals surface area contributed by atoms with Crippen molar-refractivity contribution < 1.29 is 5.11 Å². The lowest BCUT2D eigenvalue weighted by atomic mass is 10.2. The van der Waals surface area contributed by atoms with Crippen molar-refractivity contribution >= 4 is 17.5 Å². The third kappa shape index (κ3) is 2.92. The number of nitrogens with zero attached hydrogens (tertiary/aromatic N) is 2. The van der Waals surface area contributed by atoms with Crippen LogP contribution in [0.25, 0.3) is 11.3 Å². The summed E-state index contributed by atoms with van der Waals surface area (Å²) in [5.41, 5.74) is 2.81. The Morgan fingerprint density at radius 2 is 2.00 bits per heavy atom. The number of phenolic OH excluding ortho intramolecular Hbond substituents is 1. The minimum absolute atomic E-state index is 0.277. The fraction of sp³-hybridized carbons (Fsp3) is 0.118. The Morgan fingerprint density at radius 1 is 1.18 bits per heavy atom. The van der Waals surface area contributed by atoms with Gasteiger partial charge in [0.1, 0.15) is 5.75 Å². The van der Waals surface area contributed by atoms with Crippen molar-refractivity contribution in [2.75, 3.05) is 5.32 Å². The van der Waals surface area contributed by atoms with Gasteiger partial charge in [0.2, 0.25) is 5.95 Å². The molecule has 2 N–H and O–H groups in total. The molecule has 5 heteroatoms. The number of hydrogen-bond donors (Lipinski definition) is 2. The Balaban J connectivity index is 1.81. The maximum Gasteiger partial charge on any atom is 0.203 e. The van der Waals surface area contributed by atoms with Gasteiger partial charge < -0.3 is 15.0 Å². The van der Waals surface area contributed by atoms with Crippen LogP contribution in [-0.4, -0.2) is 14.7 Å². The van der Waals surface area contributed by atoms with Crippen LogP contribution in [0.4, 0.5) is 5.95 Å². The maximum absolute atomic E-state index is 9.79. The molecule has 0 spiro atoms. The zero-order valence-corrected chi connectivity index (χ0v) is 12.9. The molecular weight excluding hydrogens is 298 g/mol. The number of rotatable bonds is 4. The minimum atomic E-state index is 0.277. The summed E-state index contributed by atoms with van der Waals surface area (Å²) in [6.45, 7) is 0.506. The van der Waals surface area contributed by atoms with E-state index in [-0.39, 0.29) is 5.75 Å². The number of phenols is 1. The van der Waals surface area contributed by atoms with Crippen molar-refractivity contribution in [3.05, 3.63) is 65.3 Å². The molecule has 0 fully saturated rings. The summed E-state index contributed by atoms with van der Waals surface area (Å²) in [6, 6.07) is 14.9. The topological polar surface area (TPSA) is 50.1 Å². The lowest BCUT2D eigenvalue weighted by Gasteiger charge is -2.09. The number of nitrogens with one attached hydrogen (secondary N) is 1. The quantitative estimate of drug-likeness (QED) is 0.763. The van der Waals surface area contributed by atoms with E-state index in [1.165, 1.54) is 0 Å². The predicted octanol–water partition coefficient (Wildman–Crippen LogP) is 4.06. The van der Waals surface area contributed by atoms with Crippen LogP contribution in [0.1, 0.15) is 5.56 Å². The van der Waals surface area contributed by atoms with E-state index < -0.39 is 0 Å². The highest BCUT2D eigenvalue weighted by Crippen LogP contribution is 2.25. The Hall–Kier alpha value is -2.46. The normalized spacial score (nSPS) is 10.6. The van der Waals surface area contributed by atoms with Crippen molar-refractivity contribution in [3.8, 4) is 17.0 Å². The Morgan fingerprint density at radius 3 is 2.77 bits per heavy atom. The molecule has 0 aliphatic carbocycles. The average Bonchev–Trinajstić information content (AvgIpc) is 2.87. The van der Waals surface area contributed by atoms with Gasteiger partial charge in [-0.1, -0.05) is 41.9 Å². The fourth-order valence-corrected chi connectivity index (χ4v) is 2.51. The summed E-state index contributed by atoms with van der Waals surface area (Å²) in [6.07, 6.45) is 1.80. The number of aromatic hydroxyl groups is 1. The van der Waals surface area contributed by atoms with Crippen LogP contribution >= 0.6 is 11.6 Å². The molecule has 0 saturated heterocycles. The Bertz CT molecular complexity index is 798. The van der Waals surface area contributed by atoms with Gasteiger partial charge in [-0.25, -0.2) is 4.98 Å². The van der Waals surface area contributed by atoms with Gasteiger partial charge in [-0.15, -0.1) is 0 Å². The van der Waals surface area contributed by atoms with Crippen LogP contribution in [0, 0.1) is 0 Å². The van der Waals surface area contributed by atoms with Crippen molar-refractivity contribution in [3.63, 3.8) is 0 Å². The molecule has 0 atom stereocenters. The molecule has 4 nitrogen and oxygen atoms in total. The summed E-state index contributed by atoms with van der Waals surface area (Å²) in [5, 5.41) is 13.7. The summed E-state index contributed by atoms with van der Waals surface area (Å²) < 4.78 is 1.96. The third-order valence-electron chi connectivity index (χ3n) is 3.54. The highest BCUT2D eigenvalue weighted by atomic mass is 35.5. The van der Waals surface area contributed by atoms with E-state index in [2.05, 4.69) is 10.3 Å². The Labute approximate surface area is 134 Å². The maximum atomic E-state index is 9.79. The van der Waals surface area contributed by atoms with E-state index in [4.69, 9.17) is 11.6 Å².